The zero-order valence-electron chi connectivity index (χ0n) is 14.2. The summed E-state index contributed by atoms with van der Waals surface area (Å²) in [6.45, 7) is 0.537. The smallest absolute Gasteiger partial charge is 0.203 e. The minimum absolute atomic E-state index is 0.537. The van der Waals surface area contributed by atoms with Crippen molar-refractivity contribution in [1.29, 1.82) is 0 Å². The van der Waals surface area contributed by atoms with Crippen LogP contribution in [0.4, 0.5) is 5.69 Å². The molecule has 1 heterocycles. The molecule has 2 aromatic carbocycles. The van der Waals surface area contributed by atoms with Crippen LogP contribution < -0.4 is 19.5 Å². The van der Waals surface area contributed by atoms with Crippen molar-refractivity contribution in [1.82, 2.24) is 9.97 Å². The highest BCUT2D eigenvalue weighted by Crippen LogP contribution is 2.38. The zero-order chi connectivity index (χ0) is 17.8. The molecule has 7 heteroatoms. The highest BCUT2D eigenvalue weighted by molar-refractivity contribution is 6.38. The predicted octanol–water partition coefficient (Wildman–Crippen LogP) is 3.92. The molecule has 0 radical (unpaired) electrons. The van der Waals surface area contributed by atoms with Crippen LogP contribution in [0.5, 0.6) is 17.2 Å². The van der Waals surface area contributed by atoms with E-state index in [-0.39, 0.29) is 0 Å². The molecule has 6 nitrogen and oxygen atoms in total. The number of nitrogens with zero attached hydrogens (tertiary/aromatic N) is 2. The van der Waals surface area contributed by atoms with Gasteiger partial charge in [0, 0.05) is 18.1 Å². The van der Waals surface area contributed by atoms with E-state index in [0.717, 1.165) is 22.2 Å². The average Bonchev–Trinajstić information content (AvgIpc) is 2.66. The number of nitrogens with one attached hydrogen (secondary N) is 1. The van der Waals surface area contributed by atoms with E-state index in [1.165, 1.54) is 6.33 Å². The SMILES string of the molecule is COc1cc(CNc2ccc3ncncc3c2Cl)cc(OC)c1OC. The van der Waals surface area contributed by atoms with Gasteiger partial charge in [0.15, 0.2) is 11.5 Å². The molecule has 0 aliphatic carbocycles. The molecule has 0 amide bonds. The van der Waals surface area contributed by atoms with Gasteiger partial charge in [0.1, 0.15) is 6.33 Å². The van der Waals surface area contributed by atoms with Gasteiger partial charge >= 0.3 is 0 Å². The first-order chi connectivity index (χ1) is 12.2. The average molecular weight is 360 g/mol. The molecule has 0 bridgehead atoms. The van der Waals surface area contributed by atoms with Crippen LogP contribution >= 0.6 is 11.6 Å². The first-order valence-electron chi connectivity index (χ1n) is 7.59. The maximum atomic E-state index is 6.46. The van der Waals surface area contributed by atoms with Crippen LogP contribution in [0.2, 0.25) is 5.02 Å². The number of ether oxygens (including phenoxy) is 3. The van der Waals surface area contributed by atoms with Gasteiger partial charge in [-0.3, -0.25) is 0 Å². The standard InChI is InChI=1S/C18H18ClN3O3/c1-23-15-6-11(7-16(24-2)18(15)25-3)8-21-14-5-4-13-12(17(14)19)9-20-10-22-13/h4-7,9-10,21H,8H2,1-3H3. The number of fused-ring (bicyclic) bond motifs is 1. The highest BCUT2D eigenvalue weighted by Gasteiger charge is 2.13. The van der Waals surface area contributed by atoms with Crippen molar-refractivity contribution >= 4 is 28.2 Å². The van der Waals surface area contributed by atoms with Gasteiger partial charge < -0.3 is 19.5 Å². The molecule has 0 saturated carbocycles. The largest absolute Gasteiger partial charge is 0.493 e. The summed E-state index contributed by atoms with van der Waals surface area (Å²) in [5, 5.41) is 4.72. The van der Waals surface area contributed by atoms with E-state index in [1.54, 1.807) is 27.5 Å². The summed E-state index contributed by atoms with van der Waals surface area (Å²) >= 11 is 6.46. The Morgan fingerprint density at radius 2 is 1.76 bits per heavy atom. The number of hydrogen-bond donors (Lipinski definition) is 1. The molecule has 130 valence electrons. The Morgan fingerprint density at radius 1 is 1.04 bits per heavy atom. The monoisotopic (exact) mass is 359 g/mol. The molecule has 0 unspecified atom stereocenters. The number of methoxy groups -OCH3 is 3. The predicted molar refractivity (Wildman–Crippen MR) is 98.0 cm³/mol. The molecule has 3 aromatic rings. The van der Waals surface area contributed by atoms with Crippen LogP contribution in [-0.4, -0.2) is 31.3 Å². The Balaban J connectivity index is 1.88. The quantitative estimate of drug-likeness (QED) is 0.719. The first kappa shape index (κ1) is 17.1. The van der Waals surface area contributed by atoms with Gasteiger partial charge in [-0.05, 0) is 29.8 Å². The molecular formula is C18H18ClN3O3. The molecule has 3 rings (SSSR count). The summed E-state index contributed by atoms with van der Waals surface area (Å²) in [6.07, 6.45) is 3.21. The Labute approximate surface area is 150 Å². The molecule has 1 N–H and O–H groups in total. The van der Waals surface area contributed by atoms with Crippen molar-refractivity contribution in [2.75, 3.05) is 26.6 Å². The summed E-state index contributed by atoms with van der Waals surface area (Å²) in [4.78, 5) is 8.22. The number of hydrogen-bond acceptors (Lipinski definition) is 6. The maximum absolute atomic E-state index is 6.46. The summed E-state index contributed by atoms with van der Waals surface area (Å²) in [6, 6.07) is 7.59. The van der Waals surface area contributed by atoms with Gasteiger partial charge in [-0.2, -0.15) is 0 Å². The van der Waals surface area contributed by atoms with Gasteiger partial charge in [-0.1, -0.05) is 11.6 Å². The fraction of sp³-hybridized carbons (Fsp3) is 0.222. The lowest BCUT2D eigenvalue weighted by atomic mass is 10.1. The van der Waals surface area contributed by atoms with Crippen LogP contribution in [0.25, 0.3) is 10.9 Å². The second kappa shape index (κ2) is 7.44. The Bertz CT molecular complexity index is 877. The molecule has 0 saturated heterocycles. The van der Waals surface area contributed by atoms with E-state index >= 15 is 0 Å². The van der Waals surface area contributed by atoms with Gasteiger partial charge in [0.05, 0.1) is 37.6 Å². The highest BCUT2D eigenvalue weighted by atomic mass is 35.5. The fourth-order valence-corrected chi connectivity index (χ4v) is 2.87. The molecule has 0 fully saturated rings. The normalized spacial score (nSPS) is 10.6. The number of anilines is 1. The third-order valence-corrected chi connectivity index (χ3v) is 4.24. The van der Waals surface area contributed by atoms with E-state index in [2.05, 4.69) is 15.3 Å². The lowest BCUT2D eigenvalue weighted by Crippen LogP contribution is -2.03. The van der Waals surface area contributed by atoms with Crippen molar-refractivity contribution in [2.45, 2.75) is 6.54 Å². The van der Waals surface area contributed by atoms with Crippen LogP contribution in [0.3, 0.4) is 0 Å². The van der Waals surface area contributed by atoms with Gasteiger partial charge in [-0.25, -0.2) is 9.97 Å². The van der Waals surface area contributed by atoms with Gasteiger partial charge in [0.2, 0.25) is 5.75 Å². The molecule has 0 atom stereocenters. The van der Waals surface area contributed by atoms with Crippen LogP contribution in [0.1, 0.15) is 5.56 Å². The Hall–Kier alpha value is -2.73. The van der Waals surface area contributed by atoms with Crippen molar-refractivity contribution in [3.8, 4) is 17.2 Å². The van der Waals surface area contributed by atoms with Crippen LogP contribution in [0.15, 0.2) is 36.8 Å². The molecule has 25 heavy (non-hydrogen) atoms. The number of aromatic nitrogens is 2. The van der Waals surface area contributed by atoms with E-state index in [4.69, 9.17) is 25.8 Å². The third kappa shape index (κ3) is 3.39. The maximum Gasteiger partial charge on any atom is 0.203 e. The van der Waals surface area contributed by atoms with Crippen molar-refractivity contribution < 1.29 is 14.2 Å². The van der Waals surface area contributed by atoms with E-state index in [0.29, 0.717) is 28.8 Å². The van der Waals surface area contributed by atoms with Crippen LogP contribution in [-0.2, 0) is 6.54 Å². The van der Waals surface area contributed by atoms with Gasteiger partial charge in [0.25, 0.3) is 0 Å². The molecule has 0 aliphatic heterocycles. The second-order valence-electron chi connectivity index (χ2n) is 5.27. The van der Waals surface area contributed by atoms with Crippen molar-refractivity contribution in [3.05, 3.63) is 47.4 Å². The number of benzene rings is 2. The van der Waals surface area contributed by atoms with E-state index < -0.39 is 0 Å². The van der Waals surface area contributed by atoms with Crippen molar-refractivity contribution in [2.24, 2.45) is 0 Å². The molecule has 0 spiro atoms. The third-order valence-electron chi connectivity index (χ3n) is 3.83. The fourth-order valence-electron chi connectivity index (χ4n) is 2.59. The molecule has 1 aromatic heterocycles. The lowest BCUT2D eigenvalue weighted by molar-refractivity contribution is 0.324. The second-order valence-corrected chi connectivity index (χ2v) is 5.65. The number of halogens is 1. The minimum atomic E-state index is 0.537. The topological polar surface area (TPSA) is 65.5 Å². The summed E-state index contributed by atoms with van der Waals surface area (Å²) in [5.41, 5.74) is 2.58. The summed E-state index contributed by atoms with van der Waals surface area (Å²) in [5.74, 6) is 1.78. The minimum Gasteiger partial charge on any atom is -0.493 e. The Kier molecular flexibility index (Phi) is 5.09. The van der Waals surface area contributed by atoms with E-state index in [9.17, 15) is 0 Å². The summed E-state index contributed by atoms with van der Waals surface area (Å²) in [7, 11) is 4.76. The van der Waals surface area contributed by atoms with Crippen molar-refractivity contribution in [3.63, 3.8) is 0 Å². The molecule has 0 aliphatic rings. The Morgan fingerprint density at radius 3 is 2.40 bits per heavy atom. The molecular weight excluding hydrogens is 342 g/mol. The lowest BCUT2D eigenvalue weighted by Gasteiger charge is -2.15. The van der Waals surface area contributed by atoms with E-state index in [1.807, 2.05) is 24.3 Å². The number of rotatable bonds is 6. The summed E-state index contributed by atoms with van der Waals surface area (Å²) < 4.78 is 16.1. The first-order valence-corrected chi connectivity index (χ1v) is 7.96. The zero-order valence-corrected chi connectivity index (χ0v) is 14.9. The van der Waals surface area contributed by atoms with Gasteiger partial charge in [-0.15, -0.1) is 0 Å². The van der Waals surface area contributed by atoms with Crippen LogP contribution in [0, 0.1) is 0 Å².